The molecule has 0 spiro atoms. The number of aromatic nitrogens is 2. The van der Waals surface area contributed by atoms with Gasteiger partial charge in [-0.25, -0.2) is 0 Å². The molecule has 1 aromatic heterocycles. The molecule has 2 aromatic carbocycles. The summed E-state index contributed by atoms with van der Waals surface area (Å²) >= 11 is 12.0. The molecule has 1 unspecified atom stereocenters. The van der Waals surface area contributed by atoms with Crippen LogP contribution in [0, 0.1) is 0 Å². The second-order valence-corrected chi connectivity index (χ2v) is 6.73. The van der Waals surface area contributed by atoms with Crippen LogP contribution >= 0.6 is 23.2 Å². The summed E-state index contributed by atoms with van der Waals surface area (Å²) in [6.07, 6.45) is 2.10. The zero-order chi connectivity index (χ0) is 16.7. The van der Waals surface area contributed by atoms with Crippen molar-refractivity contribution in [1.29, 1.82) is 0 Å². The molecule has 24 heavy (non-hydrogen) atoms. The Kier molecular flexibility index (Phi) is 3.94. The first-order chi connectivity index (χ1) is 11.6. The number of rotatable bonds is 2. The summed E-state index contributed by atoms with van der Waals surface area (Å²) in [7, 11) is 0. The summed E-state index contributed by atoms with van der Waals surface area (Å²) in [5.41, 5.74) is 3.20. The van der Waals surface area contributed by atoms with Crippen molar-refractivity contribution in [3.05, 3.63) is 58.1 Å². The molecule has 122 valence electrons. The molecule has 0 radical (unpaired) electrons. The molecule has 0 fully saturated rings. The van der Waals surface area contributed by atoms with E-state index in [2.05, 4.69) is 40.2 Å². The van der Waals surface area contributed by atoms with Crippen LogP contribution in [-0.4, -0.2) is 16.2 Å². The van der Waals surface area contributed by atoms with E-state index in [9.17, 15) is 0 Å². The van der Waals surface area contributed by atoms with Crippen LogP contribution in [0.5, 0.6) is 0 Å². The molecule has 1 atom stereocenters. The number of fused-ring (bicyclic) bond motifs is 1. The van der Waals surface area contributed by atoms with Gasteiger partial charge in [0.25, 0.3) is 0 Å². The van der Waals surface area contributed by atoms with E-state index in [4.69, 9.17) is 27.7 Å². The Morgan fingerprint density at radius 1 is 1.12 bits per heavy atom. The van der Waals surface area contributed by atoms with Gasteiger partial charge in [0.1, 0.15) is 0 Å². The molecular formula is C18H15Cl2N3O. The molecule has 0 bridgehead atoms. The van der Waals surface area contributed by atoms with Crippen molar-refractivity contribution >= 4 is 34.9 Å². The van der Waals surface area contributed by atoms with Gasteiger partial charge in [0, 0.05) is 17.3 Å². The molecule has 0 aliphatic carbocycles. The van der Waals surface area contributed by atoms with E-state index >= 15 is 0 Å². The number of para-hydroxylation sites is 1. The Balaban J connectivity index is 1.73. The lowest BCUT2D eigenvalue weighted by atomic mass is 9.97. The van der Waals surface area contributed by atoms with E-state index in [1.807, 2.05) is 12.1 Å². The quantitative estimate of drug-likeness (QED) is 0.604. The van der Waals surface area contributed by atoms with E-state index in [-0.39, 0.29) is 0 Å². The molecule has 6 heteroatoms. The van der Waals surface area contributed by atoms with Gasteiger partial charge in [0.2, 0.25) is 5.82 Å². The van der Waals surface area contributed by atoms with Crippen LogP contribution in [0.25, 0.3) is 11.4 Å². The van der Waals surface area contributed by atoms with Crippen molar-refractivity contribution in [2.45, 2.75) is 25.8 Å². The third kappa shape index (κ3) is 2.66. The van der Waals surface area contributed by atoms with Gasteiger partial charge in [0.15, 0.2) is 0 Å². The van der Waals surface area contributed by atoms with Crippen molar-refractivity contribution in [2.24, 2.45) is 0 Å². The van der Waals surface area contributed by atoms with Gasteiger partial charge in [0.05, 0.1) is 10.0 Å². The number of hydrogen-bond acceptors (Lipinski definition) is 4. The fourth-order valence-electron chi connectivity index (χ4n) is 3.05. The highest BCUT2D eigenvalue weighted by Gasteiger charge is 2.28. The highest BCUT2D eigenvalue weighted by molar-refractivity contribution is 6.42. The molecule has 0 saturated heterocycles. The minimum absolute atomic E-state index is 0.294. The first-order valence-corrected chi connectivity index (χ1v) is 8.55. The van der Waals surface area contributed by atoms with Gasteiger partial charge in [-0.2, -0.15) is 4.98 Å². The van der Waals surface area contributed by atoms with Crippen molar-refractivity contribution < 1.29 is 4.52 Å². The average molecular weight is 360 g/mol. The monoisotopic (exact) mass is 359 g/mol. The van der Waals surface area contributed by atoms with Gasteiger partial charge >= 0.3 is 6.01 Å². The van der Waals surface area contributed by atoms with Crippen LogP contribution in [0.1, 0.15) is 18.9 Å². The Morgan fingerprint density at radius 2 is 1.96 bits per heavy atom. The molecule has 1 aliphatic heterocycles. The van der Waals surface area contributed by atoms with Crippen LogP contribution in [-0.2, 0) is 6.42 Å². The molecule has 0 amide bonds. The van der Waals surface area contributed by atoms with Gasteiger partial charge < -0.3 is 4.52 Å². The molecule has 1 aliphatic rings. The summed E-state index contributed by atoms with van der Waals surface area (Å²) in [6, 6.07) is 14.4. The second kappa shape index (κ2) is 6.11. The number of aryl methyl sites for hydroxylation is 1. The summed E-state index contributed by atoms with van der Waals surface area (Å²) in [5.74, 6) is 0.499. The van der Waals surface area contributed by atoms with Crippen LogP contribution < -0.4 is 4.90 Å². The topological polar surface area (TPSA) is 42.2 Å². The fraction of sp³-hybridized carbons (Fsp3) is 0.222. The number of hydrogen-bond donors (Lipinski definition) is 0. The Bertz CT molecular complexity index is 893. The number of halogens is 2. The number of anilines is 2. The van der Waals surface area contributed by atoms with E-state index in [0.717, 1.165) is 24.1 Å². The summed E-state index contributed by atoms with van der Waals surface area (Å²) in [4.78, 5) is 6.67. The third-order valence-electron chi connectivity index (χ3n) is 4.32. The van der Waals surface area contributed by atoms with Gasteiger partial charge in [-0.1, -0.05) is 46.6 Å². The summed E-state index contributed by atoms with van der Waals surface area (Å²) in [5, 5.41) is 5.08. The van der Waals surface area contributed by atoms with E-state index in [1.165, 1.54) is 5.56 Å². The van der Waals surface area contributed by atoms with Crippen molar-refractivity contribution in [3.63, 3.8) is 0 Å². The fourth-order valence-corrected chi connectivity index (χ4v) is 3.34. The largest absolute Gasteiger partial charge is 0.329 e. The summed E-state index contributed by atoms with van der Waals surface area (Å²) in [6.45, 7) is 2.17. The van der Waals surface area contributed by atoms with Crippen LogP contribution in [0.3, 0.4) is 0 Å². The average Bonchev–Trinajstić information content (AvgIpc) is 3.07. The van der Waals surface area contributed by atoms with Crippen molar-refractivity contribution in [1.82, 2.24) is 10.1 Å². The first kappa shape index (κ1) is 15.5. The van der Waals surface area contributed by atoms with E-state index in [1.54, 1.807) is 12.1 Å². The molecular weight excluding hydrogens is 345 g/mol. The lowest BCUT2D eigenvalue weighted by Crippen LogP contribution is -2.33. The minimum Gasteiger partial charge on any atom is -0.314 e. The minimum atomic E-state index is 0.294. The smallest absolute Gasteiger partial charge is 0.314 e. The molecule has 2 heterocycles. The van der Waals surface area contributed by atoms with Gasteiger partial charge in [-0.05, 0) is 49.6 Å². The predicted octanol–water partition coefficient (Wildman–Crippen LogP) is 5.52. The van der Waals surface area contributed by atoms with E-state index in [0.29, 0.717) is 27.9 Å². The normalized spacial score (nSPS) is 17.0. The van der Waals surface area contributed by atoms with Gasteiger partial charge in [-0.3, -0.25) is 4.90 Å². The van der Waals surface area contributed by atoms with Crippen LogP contribution in [0.4, 0.5) is 11.7 Å². The highest BCUT2D eigenvalue weighted by Crippen LogP contribution is 2.37. The zero-order valence-corrected chi connectivity index (χ0v) is 14.6. The third-order valence-corrected chi connectivity index (χ3v) is 5.06. The lowest BCUT2D eigenvalue weighted by molar-refractivity contribution is 0.410. The maximum Gasteiger partial charge on any atom is 0.329 e. The Morgan fingerprint density at radius 3 is 2.79 bits per heavy atom. The maximum absolute atomic E-state index is 6.08. The Labute approximate surface area is 150 Å². The maximum atomic E-state index is 6.08. The number of benzene rings is 2. The van der Waals surface area contributed by atoms with Gasteiger partial charge in [-0.15, -0.1) is 0 Å². The summed E-state index contributed by atoms with van der Waals surface area (Å²) < 4.78 is 5.54. The highest BCUT2D eigenvalue weighted by atomic mass is 35.5. The predicted molar refractivity (Wildman–Crippen MR) is 96.1 cm³/mol. The Hall–Kier alpha value is -2.04. The zero-order valence-electron chi connectivity index (χ0n) is 13.0. The van der Waals surface area contributed by atoms with Crippen LogP contribution in [0.15, 0.2) is 47.0 Å². The second-order valence-electron chi connectivity index (χ2n) is 5.92. The molecule has 0 saturated carbocycles. The standard InChI is InChI=1S/C18H15Cl2N3O/c1-11-6-7-12-4-2-3-5-16(12)23(11)18-21-17(22-24-18)13-8-9-14(19)15(20)10-13/h2-5,8-11H,6-7H2,1H3. The molecule has 0 N–H and O–H groups in total. The van der Waals surface area contributed by atoms with Crippen molar-refractivity contribution in [2.75, 3.05) is 4.90 Å². The van der Waals surface area contributed by atoms with Crippen LogP contribution in [0.2, 0.25) is 10.0 Å². The molecule has 4 nitrogen and oxygen atoms in total. The number of nitrogens with zero attached hydrogens (tertiary/aromatic N) is 3. The lowest BCUT2D eigenvalue weighted by Gasteiger charge is -2.33. The SMILES string of the molecule is CC1CCc2ccccc2N1c1nc(-c2ccc(Cl)c(Cl)c2)no1. The van der Waals surface area contributed by atoms with Crippen molar-refractivity contribution in [3.8, 4) is 11.4 Å². The first-order valence-electron chi connectivity index (χ1n) is 7.80. The molecule has 3 aromatic rings. The molecule has 4 rings (SSSR count). The van der Waals surface area contributed by atoms with E-state index < -0.39 is 0 Å².